The Morgan fingerprint density at radius 2 is 1.24 bits per heavy atom. The summed E-state index contributed by atoms with van der Waals surface area (Å²) in [4.78, 5) is 21.8. The molecule has 194 valence electrons. The van der Waals surface area contributed by atoms with Gasteiger partial charge in [0, 0.05) is 24.9 Å². The molecule has 2 atom stereocenters. The van der Waals surface area contributed by atoms with Crippen LogP contribution >= 0.6 is 0 Å². The zero-order chi connectivity index (χ0) is 25.3. The lowest BCUT2D eigenvalue weighted by Crippen LogP contribution is -2.14. The maximum atomic E-state index is 11.1. The quantitative estimate of drug-likeness (QED) is 0.118. The van der Waals surface area contributed by atoms with Crippen molar-refractivity contribution in [2.45, 2.75) is 86.0 Å². The van der Waals surface area contributed by atoms with Crippen molar-refractivity contribution in [1.82, 2.24) is 0 Å². The number of ether oxygens (including phenoxy) is 4. The summed E-state index contributed by atoms with van der Waals surface area (Å²) >= 11 is 0. The second-order valence-corrected chi connectivity index (χ2v) is 8.27. The van der Waals surface area contributed by atoms with Crippen LogP contribution in [0.25, 0.3) is 0 Å². The number of hydrogen-bond donors (Lipinski definition) is 0. The highest BCUT2D eigenvalue weighted by atomic mass is 16.6. The molecule has 0 bridgehead atoms. The van der Waals surface area contributed by atoms with Crippen molar-refractivity contribution >= 4 is 11.9 Å². The number of carbonyl (C=O) groups is 2. The molecule has 0 aromatic rings. The summed E-state index contributed by atoms with van der Waals surface area (Å²) in [6.45, 7) is 20.3. The lowest BCUT2D eigenvalue weighted by molar-refractivity contribution is -0.141. The van der Waals surface area contributed by atoms with Gasteiger partial charge in [-0.05, 0) is 31.6 Å². The van der Waals surface area contributed by atoms with Gasteiger partial charge in [0.1, 0.15) is 13.2 Å². The van der Waals surface area contributed by atoms with E-state index in [1.54, 1.807) is 6.92 Å². The fourth-order valence-corrected chi connectivity index (χ4v) is 2.87. The molecule has 6 nitrogen and oxygen atoms in total. The Labute approximate surface area is 203 Å². The molecule has 0 rings (SSSR count). The van der Waals surface area contributed by atoms with E-state index in [0.29, 0.717) is 43.8 Å². The van der Waals surface area contributed by atoms with Gasteiger partial charge in [0.05, 0.1) is 13.2 Å². The van der Waals surface area contributed by atoms with Crippen LogP contribution in [0.4, 0.5) is 0 Å². The van der Waals surface area contributed by atoms with E-state index in [-0.39, 0.29) is 11.9 Å². The second kappa shape index (κ2) is 25.0. The highest BCUT2D eigenvalue weighted by molar-refractivity contribution is 5.86. The first kappa shape index (κ1) is 33.5. The fourth-order valence-electron chi connectivity index (χ4n) is 2.87. The molecule has 0 fully saturated rings. The summed E-state index contributed by atoms with van der Waals surface area (Å²) in [5.41, 5.74) is 0.430. The zero-order valence-electron chi connectivity index (χ0n) is 22.0. The van der Waals surface area contributed by atoms with Gasteiger partial charge < -0.3 is 18.9 Å². The maximum absolute atomic E-state index is 11.1. The number of esters is 2. The van der Waals surface area contributed by atoms with E-state index in [2.05, 4.69) is 40.9 Å². The number of hydrogen-bond acceptors (Lipinski definition) is 6. The third-order valence-corrected chi connectivity index (χ3v) is 5.24. The van der Waals surface area contributed by atoms with Crippen molar-refractivity contribution in [2.24, 2.45) is 11.8 Å². The minimum atomic E-state index is -0.387. The monoisotopic (exact) mass is 470 g/mol. The molecule has 0 amide bonds. The van der Waals surface area contributed by atoms with E-state index in [1.807, 2.05) is 0 Å². The van der Waals surface area contributed by atoms with Gasteiger partial charge in [-0.25, -0.2) is 9.59 Å². The molecule has 0 aliphatic rings. The van der Waals surface area contributed by atoms with Crippen LogP contribution in [0, 0.1) is 11.8 Å². The van der Waals surface area contributed by atoms with Crippen LogP contribution in [0.1, 0.15) is 86.0 Å². The minimum Gasteiger partial charge on any atom is -0.460 e. The standard InChI is InChI=1S/C14H26O3.C13H24O3/c1-5-7-8-13(6-2)11-16-9-10-17-14(15)12(3)4;1-4-7-8-12(5-2)11-15-9-10-16-13(14)6-3/h13H,3,5-11H2,1-2,4H3;6,12H,3-5,7-11H2,1-2H3. The van der Waals surface area contributed by atoms with Crippen molar-refractivity contribution in [3.05, 3.63) is 24.8 Å². The predicted octanol–water partition coefficient (Wildman–Crippen LogP) is 6.29. The Morgan fingerprint density at radius 1 is 0.788 bits per heavy atom. The molecule has 0 heterocycles. The number of carbonyl (C=O) groups excluding carboxylic acids is 2. The summed E-state index contributed by atoms with van der Waals surface area (Å²) in [6, 6.07) is 0. The summed E-state index contributed by atoms with van der Waals surface area (Å²) in [6.07, 6.45) is 10.9. The minimum absolute atomic E-state index is 0.315. The Balaban J connectivity index is 0. The molecule has 0 aromatic heterocycles. The molecule has 0 N–H and O–H groups in total. The van der Waals surface area contributed by atoms with Crippen molar-refractivity contribution in [3.63, 3.8) is 0 Å². The van der Waals surface area contributed by atoms with Gasteiger partial charge in [0.15, 0.2) is 0 Å². The summed E-state index contributed by atoms with van der Waals surface area (Å²) in [7, 11) is 0. The molecule has 0 saturated heterocycles. The van der Waals surface area contributed by atoms with Crippen LogP contribution in [-0.2, 0) is 28.5 Å². The van der Waals surface area contributed by atoms with E-state index in [1.165, 1.54) is 38.5 Å². The highest BCUT2D eigenvalue weighted by Crippen LogP contribution is 2.13. The van der Waals surface area contributed by atoms with Gasteiger partial charge >= 0.3 is 11.9 Å². The smallest absolute Gasteiger partial charge is 0.333 e. The summed E-state index contributed by atoms with van der Waals surface area (Å²) in [5.74, 6) is 0.537. The van der Waals surface area contributed by atoms with Crippen LogP contribution in [0.15, 0.2) is 24.8 Å². The summed E-state index contributed by atoms with van der Waals surface area (Å²) < 4.78 is 20.7. The first-order chi connectivity index (χ1) is 15.9. The largest absolute Gasteiger partial charge is 0.460 e. The third-order valence-electron chi connectivity index (χ3n) is 5.24. The molecular formula is C27H50O6. The van der Waals surface area contributed by atoms with E-state index < -0.39 is 0 Å². The van der Waals surface area contributed by atoms with Crippen molar-refractivity contribution in [1.29, 1.82) is 0 Å². The highest BCUT2D eigenvalue weighted by Gasteiger charge is 2.07. The van der Waals surface area contributed by atoms with E-state index in [0.717, 1.165) is 32.1 Å². The molecule has 0 saturated carbocycles. The lowest BCUT2D eigenvalue weighted by atomic mass is 10.0. The number of rotatable bonds is 20. The van der Waals surface area contributed by atoms with Gasteiger partial charge in [0.2, 0.25) is 0 Å². The van der Waals surface area contributed by atoms with Gasteiger partial charge in [-0.2, -0.15) is 0 Å². The van der Waals surface area contributed by atoms with Crippen LogP contribution in [-0.4, -0.2) is 51.6 Å². The fraction of sp³-hybridized carbons (Fsp3) is 0.778. The average Bonchev–Trinajstić information content (AvgIpc) is 2.82. The molecule has 0 aliphatic carbocycles. The zero-order valence-corrected chi connectivity index (χ0v) is 22.0. The second-order valence-electron chi connectivity index (χ2n) is 8.27. The van der Waals surface area contributed by atoms with E-state index >= 15 is 0 Å². The average molecular weight is 471 g/mol. The third kappa shape index (κ3) is 23.3. The molecule has 0 aromatic carbocycles. The van der Waals surface area contributed by atoms with Crippen LogP contribution in [0.3, 0.4) is 0 Å². The lowest BCUT2D eigenvalue weighted by Gasteiger charge is -2.14. The first-order valence-electron chi connectivity index (χ1n) is 12.6. The molecule has 6 heteroatoms. The Morgan fingerprint density at radius 3 is 1.61 bits per heavy atom. The van der Waals surface area contributed by atoms with Crippen LogP contribution < -0.4 is 0 Å². The van der Waals surface area contributed by atoms with Gasteiger partial charge in [-0.1, -0.05) is 79.4 Å². The maximum Gasteiger partial charge on any atom is 0.333 e. The molecule has 2 unspecified atom stereocenters. The van der Waals surface area contributed by atoms with Gasteiger partial charge in [-0.3, -0.25) is 0 Å². The molecular weight excluding hydrogens is 420 g/mol. The number of unbranched alkanes of at least 4 members (excludes halogenated alkanes) is 2. The molecule has 0 spiro atoms. The van der Waals surface area contributed by atoms with Gasteiger partial charge in [-0.15, -0.1) is 0 Å². The SMILES string of the molecule is C=C(C)C(=O)OCCOCC(CC)CCCC.C=CC(=O)OCCOCC(CC)CCCC. The predicted molar refractivity (Wildman–Crippen MR) is 135 cm³/mol. The van der Waals surface area contributed by atoms with E-state index in [9.17, 15) is 9.59 Å². The van der Waals surface area contributed by atoms with Crippen molar-refractivity contribution in [2.75, 3.05) is 39.6 Å². The van der Waals surface area contributed by atoms with Crippen LogP contribution in [0.5, 0.6) is 0 Å². The van der Waals surface area contributed by atoms with Crippen molar-refractivity contribution in [3.8, 4) is 0 Å². The molecule has 0 aliphatic heterocycles. The van der Waals surface area contributed by atoms with Crippen LogP contribution in [0.2, 0.25) is 0 Å². The Bertz CT molecular complexity index is 503. The Kier molecular flexibility index (Phi) is 25.4. The normalized spacial score (nSPS) is 12.2. The Hall–Kier alpha value is -1.66. The molecule has 33 heavy (non-hydrogen) atoms. The van der Waals surface area contributed by atoms with Crippen molar-refractivity contribution < 1.29 is 28.5 Å². The molecule has 0 radical (unpaired) electrons. The van der Waals surface area contributed by atoms with E-state index in [4.69, 9.17) is 18.9 Å². The summed E-state index contributed by atoms with van der Waals surface area (Å²) in [5, 5.41) is 0. The van der Waals surface area contributed by atoms with Gasteiger partial charge in [0.25, 0.3) is 0 Å². The first-order valence-corrected chi connectivity index (χ1v) is 12.6. The topological polar surface area (TPSA) is 71.1 Å².